The molecule has 0 aliphatic rings. The molecule has 3 nitrogen and oxygen atoms in total. The molecule has 0 amide bonds. The molecule has 0 fully saturated rings. The Morgan fingerprint density at radius 1 is 0.300 bits per heavy atom. The Balaban J connectivity index is 1.26. The Morgan fingerprint density at radius 2 is 0.760 bits per heavy atom. The lowest BCUT2D eigenvalue weighted by molar-refractivity contribution is 1.18. The summed E-state index contributed by atoms with van der Waals surface area (Å²) in [6.45, 7) is 0. The summed E-state index contributed by atoms with van der Waals surface area (Å²) >= 11 is 0. The average Bonchev–Trinajstić information content (AvgIpc) is 3.20. The Kier molecular flexibility index (Phi) is 7.49. The minimum Gasteiger partial charge on any atom is -0.265 e. The second kappa shape index (κ2) is 12.7. The number of aromatic nitrogens is 3. The van der Waals surface area contributed by atoms with Crippen molar-refractivity contribution in [1.29, 1.82) is 0 Å². The smallest absolute Gasteiger partial charge is 0.161 e. The normalized spacial score (nSPS) is 11.2. The minimum absolute atomic E-state index is 0.683. The topological polar surface area (TPSA) is 38.7 Å². The van der Waals surface area contributed by atoms with Gasteiger partial charge in [-0.05, 0) is 79.2 Å². The van der Waals surface area contributed by atoms with Gasteiger partial charge in [0, 0.05) is 29.1 Å². The third-order valence-electron chi connectivity index (χ3n) is 9.40. The van der Waals surface area contributed by atoms with Crippen LogP contribution >= 0.6 is 0 Å². The maximum Gasteiger partial charge on any atom is 0.161 e. The van der Waals surface area contributed by atoms with Crippen LogP contribution in [0.5, 0.6) is 0 Å². The number of benzene rings is 7. The Morgan fingerprint density at radius 3 is 1.38 bits per heavy atom. The van der Waals surface area contributed by atoms with Crippen LogP contribution in [0.15, 0.2) is 188 Å². The molecule has 0 unspecified atom stereocenters. The van der Waals surface area contributed by atoms with Gasteiger partial charge in [-0.1, -0.05) is 152 Å². The molecule has 50 heavy (non-hydrogen) atoms. The van der Waals surface area contributed by atoms with E-state index in [2.05, 4.69) is 157 Å². The van der Waals surface area contributed by atoms with Crippen LogP contribution in [0.1, 0.15) is 0 Å². The number of rotatable bonds is 6. The first-order valence-electron chi connectivity index (χ1n) is 16.9. The van der Waals surface area contributed by atoms with E-state index >= 15 is 0 Å². The number of nitrogens with zero attached hydrogens (tertiary/aromatic N) is 3. The van der Waals surface area contributed by atoms with E-state index in [0.717, 1.165) is 44.8 Å². The van der Waals surface area contributed by atoms with Crippen molar-refractivity contribution in [2.75, 3.05) is 0 Å². The van der Waals surface area contributed by atoms with Gasteiger partial charge in [-0.25, -0.2) is 9.97 Å². The van der Waals surface area contributed by atoms with Crippen molar-refractivity contribution in [1.82, 2.24) is 15.0 Å². The summed E-state index contributed by atoms with van der Waals surface area (Å²) in [6, 6.07) is 62.0. The van der Waals surface area contributed by atoms with Crippen LogP contribution in [-0.4, -0.2) is 15.0 Å². The van der Waals surface area contributed by atoms with Crippen molar-refractivity contribution in [2.45, 2.75) is 0 Å². The molecular weight excluding hydrogens is 607 g/mol. The van der Waals surface area contributed by atoms with Crippen LogP contribution in [-0.2, 0) is 0 Å². The summed E-state index contributed by atoms with van der Waals surface area (Å²) in [6.07, 6.45) is 3.65. The first-order chi connectivity index (χ1) is 24.8. The first kappa shape index (κ1) is 29.4. The molecule has 9 aromatic rings. The minimum atomic E-state index is 0.683. The molecule has 7 aromatic carbocycles. The van der Waals surface area contributed by atoms with Gasteiger partial charge in [0.15, 0.2) is 5.82 Å². The van der Waals surface area contributed by atoms with Crippen molar-refractivity contribution in [3.05, 3.63) is 188 Å². The van der Waals surface area contributed by atoms with Crippen LogP contribution < -0.4 is 0 Å². The molecule has 0 spiro atoms. The maximum absolute atomic E-state index is 5.27. The Hall–Kier alpha value is -6.71. The lowest BCUT2D eigenvalue weighted by Gasteiger charge is -2.18. The van der Waals surface area contributed by atoms with Crippen molar-refractivity contribution in [2.24, 2.45) is 0 Å². The number of pyridine rings is 1. The van der Waals surface area contributed by atoms with E-state index in [1.807, 2.05) is 36.7 Å². The van der Waals surface area contributed by atoms with E-state index in [-0.39, 0.29) is 0 Å². The molecule has 0 N–H and O–H groups in total. The van der Waals surface area contributed by atoms with Gasteiger partial charge in [-0.3, -0.25) is 4.98 Å². The maximum atomic E-state index is 5.27. The molecule has 0 aliphatic carbocycles. The third-order valence-corrected chi connectivity index (χ3v) is 9.40. The van der Waals surface area contributed by atoms with Crippen molar-refractivity contribution < 1.29 is 0 Å². The van der Waals surface area contributed by atoms with Crippen molar-refractivity contribution in [3.8, 4) is 67.3 Å². The van der Waals surface area contributed by atoms with Gasteiger partial charge in [-0.2, -0.15) is 0 Å². The molecule has 2 heterocycles. The predicted octanol–water partition coefficient (Wildman–Crippen LogP) is 12.2. The van der Waals surface area contributed by atoms with Gasteiger partial charge in [-0.15, -0.1) is 0 Å². The molecule has 0 radical (unpaired) electrons. The Bertz CT molecular complexity index is 2580. The molecule has 2 aromatic heterocycles. The largest absolute Gasteiger partial charge is 0.265 e. The van der Waals surface area contributed by atoms with Crippen LogP contribution in [0, 0.1) is 0 Å². The predicted molar refractivity (Wildman–Crippen MR) is 207 cm³/mol. The van der Waals surface area contributed by atoms with Gasteiger partial charge >= 0.3 is 0 Å². The lowest BCUT2D eigenvalue weighted by Crippen LogP contribution is -1.97. The quantitative estimate of drug-likeness (QED) is 0.170. The summed E-state index contributed by atoms with van der Waals surface area (Å²) in [4.78, 5) is 14.7. The summed E-state index contributed by atoms with van der Waals surface area (Å²) in [5.41, 5.74) is 11.8. The van der Waals surface area contributed by atoms with Crippen LogP contribution in [0.2, 0.25) is 0 Å². The fourth-order valence-electron chi connectivity index (χ4n) is 7.12. The van der Waals surface area contributed by atoms with E-state index in [0.29, 0.717) is 5.82 Å². The van der Waals surface area contributed by atoms with E-state index < -0.39 is 0 Å². The lowest BCUT2D eigenvalue weighted by atomic mass is 9.85. The third kappa shape index (κ3) is 5.32. The number of fused-ring (bicyclic) bond motifs is 2. The Labute approximate surface area is 291 Å². The zero-order valence-electron chi connectivity index (χ0n) is 27.2. The fraction of sp³-hybridized carbons (Fsp3) is 0. The monoisotopic (exact) mass is 637 g/mol. The highest BCUT2D eigenvalue weighted by Gasteiger charge is 2.18. The zero-order valence-corrected chi connectivity index (χ0v) is 27.2. The van der Waals surface area contributed by atoms with Crippen LogP contribution in [0.3, 0.4) is 0 Å². The zero-order chi connectivity index (χ0) is 33.3. The van der Waals surface area contributed by atoms with Gasteiger partial charge in [0.25, 0.3) is 0 Å². The van der Waals surface area contributed by atoms with E-state index in [1.54, 1.807) is 0 Å². The van der Waals surface area contributed by atoms with Gasteiger partial charge in [0.2, 0.25) is 0 Å². The molecule has 3 heteroatoms. The summed E-state index contributed by atoms with van der Waals surface area (Å²) in [5.74, 6) is 0.683. The SMILES string of the molecule is c1ccc(-c2cc(-c3cccc(-c4c5ccccc5c(-c5ccccc5)c5ccccc45)c3)nc(-c3ccccc3-c3ccncc3)n2)cc1. The van der Waals surface area contributed by atoms with Gasteiger partial charge < -0.3 is 0 Å². The fourth-order valence-corrected chi connectivity index (χ4v) is 7.12. The molecule has 0 saturated heterocycles. The standard InChI is InChI=1S/C47H31N3/c1-3-14-33(15-4-1)43-31-44(50-47(49-43)42-25-12-7-20-37(42)32-26-28-48-29-27-32)35-18-13-19-36(30-35)46-40-23-10-8-21-38(40)45(34-16-5-2-6-17-34)39-22-9-11-24-41(39)46/h1-31H. The summed E-state index contributed by atoms with van der Waals surface area (Å²) < 4.78 is 0. The number of hydrogen-bond donors (Lipinski definition) is 0. The average molecular weight is 638 g/mol. The highest BCUT2D eigenvalue weighted by atomic mass is 14.9. The van der Waals surface area contributed by atoms with Crippen molar-refractivity contribution >= 4 is 21.5 Å². The molecular formula is C47H31N3. The second-order valence-electron chi connectivity index (χ2n) is 12.4. The van der Waals surface area contributed by atoms with Gasteiger partial charge in [0.1, 0.15) is 0 Å². The van der Waals surface area contributed by atoms with E-state index in [4.69, 9.17) is 9.97 Å². The van der Waals surface area contributed by atoms with Gasteiger partial charge in [0.05, 0.1) is 11.4 Å². The summed E-state index contributed by atoms with van der Waals surface area (Å²) in [5, 5.41) is 4.92. The number of hydrogen-bond acceptors (Lipinski definition) is 3. The van der Waals surface area contributed by atoms with E-state index in [9.17, 15) is 0 Å². The molecule has 234 valence electrons. The van der Waals surface area contributed by atoms with Crippen molar-refractivity contribution in [3.63, 3.8) is 0 Å². The molecule has 9 rings (SSSR count). The molecule has 0 saturated carbocycles. The first-order valence-corrected chi connectivity index (χ1v) is 16.9. The van der Waals surface area contributed by atoms with E-state index in [1.165, 1.54) is 38.2 Å². The molecule has 0 bridgehead atoms. The highest BCUT2D eigenvalue weighted by Crippen LogP contribution is 2.44. The second-order valence-corrected chi connectivity index (χ2v) is 12.4. The molecule has 0 atom stereocenters. The van der Waals surface area contributed by atoms with Crippen LogP contribution in [0.25, 0.3) is 88.8 Å². The van der Waals surface area contributed by atoms with Crippen LogP contribution in [0.4, 0.5) is 0 Å². The summed E-state index contributed by atoms with van der Waals surface area (Å²) in [7, 11) is 0. The highest BCUT2D eigenvalue weighted by molar-refractivity contribution is 6.21. The molecule has 0 aliphatic heterocycles.